The number of ketones is 1. The maximum Gasteiger partial charge on any atom is 0.177 e. The van der Waals surface area contributed by atoms with Crippen LogP contribution in [-0.4, -0.2) is 30.8 Å². The fraction of sp³-hybridized carbons (Fsp3) is 0.389. The third-order valence-corrected chi connectivity index (χ3v) is 3.34. The van der Waals surface area contributed by atoms with Gasteiger partial charge in [0.2, 0.25) is 0 Å². The Kier molecular flexibility index (Phi) is 6.87. The summed E-state index contributed by atoms with van der Waals surface area (Å²) in [6, 6.07) is 7.50. The van der Waals surface area contributed by atoms with Crippen LogP contribution in [0.5, 0.6) is 0 Å². The molecule has 112 valence electrons. The van der Waals surface area contributed by atoms with E-state index in [9.17, 15) is 4.79 Å². The van der Waals surface area contributed by atoms with Crippen LogP contribution in [0.2, 0.25) is 0 Å². The van der Waals surface area contributed by atoms with E-state index in [1.165, 1.54) is 0 Å². The van der Waals surface area contributed by atoms with Gasteiger partial charge in [0.15, 0.2) is 5.78 Å². The summed E-state index contributed by atoms with van der Waals surface area (Å²) in [6.07, 6.45) is 3.83. The van der Waals surface area contributed by atoms with E-state index in [0.717, 1.165) is 10.0 Å². The van der Waals surface area contributed by atoms with Gasteiger partial charge in [-0.05, 0) is 40.0 Å². The van der Waals surface area contributed by atoms with E-state index in [1.54, 1.807) is 0 Å². The van der Waals surface area contributed by atoms with Crippen molar-refractivity contribution in [3.63, 3.8) is 0 Å². The highest BCUT2D eigenvalue weighted by Crippen LogP contribution is 2.16. The molecule has 1 rings (SSSR count). The topological polar surface area (TPSA) is 20.3 Å². The number of carbonyl (C=O) groups excluding carboxylic acids is 1. The van der Waals surface area contributed by atoms with Gasteiger partial charge < -0.3 is 0 Å². The first kappa shape index (κ1) is 17.7. The van der Waals surface area contributed by atoms with Crippen LogP contribution in [0.3, 0.4) is 0 Å². The number of benzene rings is 1. The summed E-state index contributed by atoms with van der Waals surface area (Å²) in [6.45, 7) is 7.33. The first-order chi connectivity index (χ1) is 9.79. The predicted octanol–water partition coefficient (Wildman–Crippen LogP) is 4.17. The summed E-state index contributed by atoms with van der Waals surface area (Å²) in [5.74, 6) is 6.28. The lowest BCUT2D eigenvalue weighted by atomic mass is 9.98. The minimum Gasteiger partial charge on any atom is -0.295 e. The summed E-state index contributed by atoms with van der Waals surface area (Å²) >= 11 is 3.41. The van der Waals surface area contributed by atoms with Crippen molar-refractivity contribution in [2.24, 2.45) is 5.41 Å². The lowest BCUT2D eigenvalue weighted by Crippen LogP contribution is -2.26. The normalized spacial score (nSPS) is 11.5. The molecule has 0 amide bonds. The molecule has 0 saturated heterocycles. The van der Waals surface area contributed by atoms with E-state index in [4.69, 9.17) is 0 Å². The summed E-state index contributed by atoms with van der Waals surface area (Å²) in [7, 11) is 1.93. The molecule has 0 N–H and O–H groups in total. The van der Waals surface area contributed by atoms with Gasteiger partial charge in [-0.15, -0.1) is 0 Å². The molecule has 0 saturated carbocycles. The largest absolute Gasteiger partial charge is 0.295 e. The zero-order valence-corrected chi connectivity index (χ0v) is 14.7. The summed E-state index contributed by atoms with van der Waals surface area (Å²) in [5, 5.41) is 0. The molecule has 2 nitrogen and oxygen atoms in total. The van der Waals surface area contributed by atoms with Gasteiger partial charge in [-0.2, -0.15) is 0 Å². The van der Waals surface area contributed by atoms with Crippen LogP contribution in [0.15, 0.2) is 40.9 Å². The molecule has 0 spiro atoms. The minimum absolute atomic E-state index is 0.0196. The van der Waals surface area contributed by atoms with Gasteiger partial charge in [-0.1, -0.05) is 52.0 Å². The second-order valence-corrected chi connectivity index (χ2v) is 6.88. The van der Waals surface area contributed by atoms with Crippen molar-refractivity contribution >= 4 is 21.7 Å². The maximum absolute atomic E-state index is 12.2. The number of hydrogen-bond donors (Lipinski definition) is 0. The molecule has 0 aliphatic carbocycles. The molecule has 0 atom stereocenters. The Morgan fingerprint density at radius 3 is 2.62 bits per heavy atom. The lowest BCUT2D eigenvalue weighted by Gasteiger charge is -2.13. The highest BCUT2D eigenvalue weighted by atomic mass is 79.9. The molecule has 1 aromatic carbocycles. The fourth-order valence-corrected chi connectivity index (χ4v) is 2.14. The lowest BCUT2D eigenvalue weighted by molar-refractivity contribution is 0.0951. The summed E-state index contributed by atoms with van der Waals surface area (Å²) in [5.41, 5.74) is 0.743. The number of carbonyl (C=O) groups is 1. The third kappa shape index (κ3) is 7.27. The monoisotopic (exact) mass is 347 g/mol. The van der Waals surface area contributed by atoms with Crippen LogP contribution < -0.4 is 0 Å². The molecule has 3 heteroatoms. The first-order valence-corrected chi connectivity index (χ1v) is 7.73. The number of allylic oxidation sites excluding steroid dienone is 1. The smallest absolute Gasteiger partial charge is 0.177 e. The first-order valence-electron chi connectivity index (χ1n) is 6.93. The fourth-order valence-electron chi connectivity index (χ4n) is 1.63. The van der Waals surface area contributed by atoms with Crippen molar-refractivity contribution in [2.75, 3.05) is 20.1 Å². The number of halogens is 1. The number of hydrogen-bond acceptors (Lipinski definition) is 2. The Balaban J connectivity index is 2.49. The summed E-state index contributed by atoms with van der Waals surface area (Å²) in [4.78, 5) is 14.1. The molecule has 0 unspecified atom stereocenters. The Morgan fingerprint density at radius 1 is 1.33 bits per heavy atom. The molecular formula is C18H22BrNO. The number of Topliss-reactive ketones (excluding diaryl/α,β-unsaturated/α-hetero) is 1. The average molecular weight is 348 g/mol. The SMILES string of the molecule is CN(C/C=C/C#CC(C)(C)C)CC(=O)c1ccccc1Br. The Labute approximate surface area is 136 Å². The molecular weight excluding hydrogens is 326 g/mol. The van der Waals surface area contributed by atoms with Gasteiger partial charge in [0.1, 0.15) is 0 Å². The molecule has 0 bridgehead atoms. The Morgan fingerprint density at radius 2 is 2.00 bits per heavy atom. The van der Waals surface area contributed by atoms with Crippen LogP contribution >= 0.6 is 15.9 Å². The van der Waals surface area contributed by atoms with Gasteiger partial charge in [-0.25, -0.2) is 0 Å². The van der Waals surface area contributed by atoms with Crippen molar-refractivity contribution in [2.45, 2.75) is 20.8 Å². The van der Waals surface area contributed by atoms with Crippen LogP contribution in [0.4, 0.5) is 0 Å². The van der Waals surface area contributed by atoms with Crippen LogP contribution in [-0.2, 0) is 0 Å². The second kappa shape index (κ2) is 8.17. The van der Waals surface area contributed by atoms with E-state index in [2.05, 4.69) is 48.5 Å². The van der Waals surface area contributed by atoms with Gasteiger partial charge >= 0.3 is 0 Å². The van der Waals surface area contributed by atoms with Crippen molar-refractivity contribution in [1.82, 2.24) is 4.90 Å². The van der Waals surface area contributed by atoms with E-state index >= 15 is 0 Å². The molecule has 0 heterocycles. The zero-order chi connectivity index (χ0) is 15.9. The van der Waals surface area contributed by atoms with E-state index in [-0.39, 0.29) is 11.2 Å². The van der Waals surface area contributed by atoms with Gasteiger partial charge in [0.25, 0.3) is 0 Å². The molecule has 1 aromatic rings. The highest BCUT2D eigenvalue weighted by Gasteiger charge is 2.11. The Hall–Kier alpha value is -1.37. The van der Waals surface area contributed by atoms with Crippen molar-refractivity contribution in [3.05, 3.63) is 46.5 Å². The van der Waals surface area contributed by atoms with E-state index in [1.807, 2.05) is 48.4 Å². The zero-order valence-electron chi connectivity index (χ0n) is 13.1. The molecule has 0 aliphatic heterocycles. The van der Waals surface area contributed by atoms with E-state index in [0.29, 0.717) is 13.1 Å². The van der Waals surface area contributed by atoms with Crippen molar-refractivity contribution < 1.29 is 4.79 Å². The van der Waals surface area contributed by atoms with Crippen LogP contribution in [0.1, 0.15) is 31.1 Å². The molecule has 0 aliphatic rings. The number of nitrogens with zero attached hydrogens (tertiary/aromatic N) is 1. The van der Waals surface area contributed by atoms with Crippen LogP contribution in [0, 0.1) is 17.3 Å². The second-order valence-electron chi connectivity index (χ2n) is 6.02. The van der Waals surface area contributed by atoms with Gasteiger partial charge in [0.05, 0.1) is 6.54 Å². The molecule has 0 aromatic heterocycles. The van der Waals surface area contributed by atoms with Gasteiger partial charge in [-0.3, -0.25) is 9.69 Å². The van der Waals surface area contributed by atoms with Crippen molar-refractivity contribution in [3.8, 4) is 11.8 Å². The van der Waals surface area contributed by atoms with Gasteiger partial charge in [0, 0.05) is 22.0 Å². The Bertz CT molecular complexity index is 573. The van der Waals surface area contributed by atoms with Crippen molar-refractivity contribution in [1.29, 1.82) is 0 Å². The molecule has 0 radical (unpaired) electrons. The predicted molar refractivity (Wildman–Crippen MR) is 92.3 cm³/mol. The minimum atomic E-state index is 0.0196. The number of rotatable bonds is 5. The molecule has 0 fully saturated rings. The average Bonchev–Trinajstić information content (AvgIpc) is 2.37. The highest BCUT2D eigenvalue weighted by molar-refractivity contribution is 9.10. The standard InChI is InChI=1S/C18H22BrNO/c1-18(2,3)12-8-5-9-13-20(4)14-17(21)15-10-6-7-11-16(15)19/h5-7,9-11H,13-14H2,1-4H3/b9-5+. The van der Waals surface area contributed by atoms with Crippen LogP contribution in [0.25, 0.3) is 0 Å². The summed E-state index contributed by atoms with van der Waals surface area (Å²) < 4.78 is 0.843. The third-order valence-electron chi connectivity index (χ3n) is 2.65. The van der Waals surface area contributed by atoms with E-state index < -0.39 is 0 Å². The molecule has 21 heavy (non-hydrogen) atoms. The quantitative estimate of drug-likeness (QED) is 0.588. The number of likely N-dealkylation sites (N-methyl/N-ethyl adjacent to an activating group) is 1. The maximum atomic E-state index is 12.2.